The fourth-order valence-electron chi connectivity index (χ4n) is 3.01. The minimum Gasteiger partial charge on any atom is -0.480 e. The summed E-state index contributed by atoms with van der Waals surface area (Å²) in [5.41, 5.74) is 1.24. The van der Waals surface area contributed by atoms with E-state index in [-0.39, 0.29) is 4.90 Å². The zero-order valence-electron chi connectivity index (χ0n) is 15.0. The maximum Gasteiger partial charge on any atom is 0.326 e. The van der Waals surface area contributed by atoms with Gasteiger partial charge in [-0.1, -0.05) is 54.6 Å². The average molecular weight is 384 g/mol. The first-order valence-corrected chi connectivity index (χ1v) is 9.79. The van der Waals surface area contributed by atoms with Crippen molar-refractivity contribution in [3.8, 4) is 0 Å². The monoisotopic (exact) mass is 384 g/mol. The van der Waals surface area contributed by atoms with Crippen LogP contribution in [0.15, 0.2) is 71.6 Å². The third-order valence-electron chi connectivity index (χ3n) is 4.28. The van der Waals surface area contributed by atoms with Crippen LogP contribution in [0.5, 0.6) is 0 Å². The van der Waals surface area contributed by atoms with Crippen LogP contribution < -0.4 is 9.62 Å². The van der Waals surface area contributed by atoms with Gasteiger partial charge in [0, 0.05) is 30.6 Å². The minimum atomic E-state index is -4.07. The van der Waals surface area contributed by atoms with Crippen LogP contribution in [0.3, 0.4) is 0 Å². The fraction of sp³-hybridized carbons (Fsp3) is 0.150. The van der Waals surface area contributed by atoms with Gasteiger partial charge in [-0.15, -0.1) is 0 Å². The van der Waals surface area contributed by atoms with Crippen molar-refractivity contribution in [1.29, 1.82) is 0 Å². The SMILES string of the molecule is CN(C)c1cccc2c(S(=O)(=O)N[C@@H](C(=O)O)c3ccccc3)cccc12. The molecule has 0 aliphatic rings. The van der Waals surface area contributed by atoms with Crippen LogP contribution in [0.4, 0.5) is 5.69 Å². The summed E-state index contributed by atoms with van der Waals surface area (Å²) in [6.45, 7) is 0. The number of rotatable bonds is 6. The van der Waals surface area contributed by atoms with Crippen molar-refractivity contribution in [1.82, 2.24) is 4.72 Å². The Bertz CT molecular complexity index is 1080. The first-order chi connectivity index (χ1) is 12.8. The molecule has 1 atom stereocenters. The lowest BCUT2D eigenvalue weighted by Gasteiger charge is -2.19. The van der Waals surface area contributed by atoms with Gasteiger partial charge in [0.2, 0.25) is 10.0 Å². The van der Waals surface area contributed by atoms with Crippen LogP contribution in [0.2, 0.25) is 0 Å². The second-order valence-corrected chi connectivity index (χ2v) is 8.01. The maximum atomic E-state index is 13.0. The molecule has 7 heteroatoms. The molecule has 0 amide bonds. The molecule has 0 aliphatic carbocycles. The summed E-state index contributed by atoms with van der Waals surface area (Å²) in [6.07, 6.45) is 0. The molecule has 0 fully saturated rings. The number of carboxylic acids is 1. The number of hydrogen-bond acceptors (Lipinski definition) is 4. The molecule has 140 valence electrons. The van der Waals surface area contributed by atoms with E-state index in [4.69, 9.17) is 0 Å². The quantitative estimate of drug-likeness (QED) is 0.682. The Balaban J connectivity index is 2.10. The van der Waals surface area contributed by atoms with Crippen molar-refractivity contribution in [3.05, 3.63) is 72.3 Å². The normalized spacial score (nSPS) is 12.7. The van der Waals surface area contributed by atoms with Crippen LogP contribution >= 0.6 is 0 Å². The third-order valence-corrected chi connectivity index (χ3v) is 5.76. The Morgan fingerprint density at radius 3 is 2.19 bits per heavy atom. The molecule has 2 N–H and O–H groups in total. The van der Waals surface area contributed by atoms with Crippen molar-refractivity contribution < 1.29 is 18.3 Å². The number of aliphatic carboxylic acids is 1. The summed E-state index contributed by atoms with van der Waals surface area (Å²) < 4.78 is 28.4. The number of benzene rings is 3. The first kappa shape index (κ1) is 18.9. The Kier molecular flexibility index (Phi) is 5.16. The number of carboxylic acid groups (broad SMARTS) is 1. The molecule has 0 saturated heterocycles. The molecule has 0 radical (unpaired) electrons. The number of nitrogens with zero attached hydrogens (tertiary/aromatic N) is 1. The summed E-state index contributed by atoms with van der Waals surface area (Å²) >= 11 is 0. The zero-order chi connectivity index (χ0) is 19.6. The van der Waals surface area contributed by atoms with Gasteiger partial charge in [0.25, 0.3) is 0 Å². The lowest BCUT2D eigenvalue weighted by molar-refractivity contribution is -0.139. The molecule has 0 saturated carbocycles. The largest absolute Gasteiger partial charge is 0.480 e. The highest BCUT2D eigenvalue weighted by molar-refractivity contribution is 7.89. The van der Waals surface area contributed by atoms with Crippen LogP contribution in [0.25, 0.3) is 10.8 Å². The average Bonchev–Trinajstić information content (AvgIpc) is 2.65. The van der Waals surface area contributed by atoms with E-state index in [0.29, 0.717) is 10.9 Å². The highest BCUT2D eigenvalue weighted by atomic mass is 32.2. The molecular weight excluding hydrogens is 364 g/mol. The second kappa shape index (κ2) is 7.38. The van der Waals surface area contributed by atoms with Crippen LogP contribution in [-0.2, 0) is 14.8 Å². The van der Waals surface area contributed by atoms with Gasteiger partial charge in [0.15, 0.2) is 0 Å². The van der Waals surface area contributed by atoms with Crippen LogP contribution in [-0.4, -0.2) is 33.6 Å². The highest BCUT2D eigenvalue weighted by Crippen LogP contribution is 2.30. The topological polar surface area (TPSA) is 86.7 Å². The van der Waals surface area contributed by atoms with Gasteiger partial charge >= 0.3 is 5.97 Å². The van der Waals surface area contributed by atoms with Crippen molar-refractivity contribution in [2.24, 2.45) is 0 Å². The molecule has 27 heavy (non-hydrogen) atoms. The molecule has 3 aromatic carbocycles. The first-order valence-electron chi connectivity index (χ1n) is 8.30. The zero-order valence-corrected chi connectivity index (χ0v) is 15.8. The summed E-state index contributed by atoms with van der Waals surface area (Å²) in [4.78, 5) is 13.6. The van der Waals surface area contributed by atoms with Crippen molar-refractivity contribution in [2.45, 2.75) is 10.9 Å². The van der Waals surface area contributed by atoms with E-state index in [0.717, 1.165) is 11.1 Å². The lowest BCUT2D eigenvalue weighted by Crippen LogP contribution is -2.33. The Hall–Kier alpha value is -2.90. The maximum absolute atomic E-state index is 13.0. The summed E-state index contributed by atoms with van der Waals surface area (Å²) in [5.74, 6) is -1.26. The van der Waals surface area contributed by atoms with Gasteiger partial charge in [-0.25, -0.2) is 8.42 Å². The Morgan fingerprint density at radius 2 is 1.56 bits per heavy atom. The summed E-state index contributed by atoms with van der Waals surface area (Å²) in [7, 11) is -0.313. The molecule has 0 unspecified atom stereocenters. The molecule has 0 aliphatic heterocycles. The van der Waals surface area contributed by atoms with Gasteiger partial charge in [-0.3, -0.25) is 4.79 Å². The number of anilines is 1. The van der Waals surface area contributed by atoms with Crippen LogP contribution in [0, 0.1) is 0 Å². The second-order valence-electron chi connectivity index (χ2n) is 6.33. The standard InChI is InChI=1S/C20H20N2O4S/c1-22(2)17-12-6-11-16-15(17)10-7-13-18(16)27(25,26)21-19(20(23)24)14-8-4-3-5-9-14/h3-13,19,21H,1-2H3,(H,23,24)/t19-/m1/s1. The van der Waals surface area contributed by atoms with Crippen molar-refractivity contribution in [3.63, 3.8) is 0 Å². The molecule has 0 heterocycles. The summed E-state index contributed by atoms with van der Waals surface area (Å²) in [5, 5.41) is 10.8. The van der Waals surface area contributed by atoms with E-state index < -0.39 is 22.0 Å². The number of nitrogens with one attached hydrogen (secondary N) is 1. The predicted octanol–water partition coefficient (Wildman–Crippen LogP) is 3.01. The fourth-order valence-corrected chi connectivity index (χ4v) is 4.41. The molecule has 0 aromatic heterocycles. The van der Waals surface area contributed by atoms with E-state index >= 15 is 0 Å². The van der Waals surface area contributed by atoms with Gasteiger partial charge in [0.05, 0.1) is 4.90 Å². The van der Waals surface area contributed by atoms with E-state index in [1.165, 1.54) is 6.07 Å². The predicted molar refractivity (Wildman–Crippen MR) is 105 cm³/mol. The van der Waals surface area contributed by atoms with E-state index in [1.807, 2.05) is 31.1 Å². The van der Waals surface area contributed by atoms with Crippen molar-refractivity contribution >= 4 is 32.5 Å². The van der Waals surface area contributed by atoms with Crippen LogP contribution in [0.1, 0.15) is 11.6 Å². The highest BCUT2D eigenvalue weighted by Gasteiger charge is 2.28. The Labute approximate surface area is 158 Å². The number of sulfonamides is 1. The molecule has 3 aromatic rings. The molecular formula is C20H20N2O4S. The smallest absolute Gasteiger partial charge is 0.326 e. The molecule has 0 spiro atoms. The van der Waals surface area contributed by atoms with Crippen molar-refractivity contribution in [2.75, 3.05) is 19.0 Å². The van der Waals surface area contributed by atoms with Gasteiger partial charge in [0.1, 0.15) is 6.04 Å². The number of hydrogen-bond donors (Lipinski definition) is 2. The molecule has 0 bridgehead atoms. The Morgan fingerprint density at radius 1 is 0.926 bits per heavy atom. The van der Waals surface area contributed by atoms with E-state index in [1.54, 1.807) is 48.5 Å². The number of carbonyl (C=O) groups is 1. The molecule has 6 nitrogen and oxygen atoms in total. The lowest BCUT2D eigenvalue weighted by atomic mass is 10.1. The van der Waals surface area contributed by atoms with Gasteiger partial charge < -0.3 is 10.0 Å². The number of fused-ring (bicyclic) bond motifs is 1. The third kappa shape index (κ3) is 3.79. The molecule has 3 rings (SSSR count). The van der Waals surface area contributed by atoms with E-state index in [9.17, 15) is 18.3 Å². The minimum absolute atomic E-state index is 0.0471. The van der Waals surface area contributed by atoms with Gasteiger partial charge in [-0.2, -0.15) is 4.72 Å². The van der Waals surface area contributed by atoms with E-state index in [2.05, 4.69) is 4.72 Å². The van der Waals surface area contributed by atoms with Gasteiger partial charge in [-0.05, 0) is 17.7 Å². The summed E-state index contributed by atoms with van der Waals surface area (Å²) in [6, 6.07) is 17.2.